The maximum atomic E-state index is 12.4. The van der Waals surface area contributed by atoms with Gasteiger partial charge in [-0.15, -0.1) is 0 Å². The van der Waals surface area contributed by atoms with Gasteiger partial charge in [0.15, 0.2) is 0 Å². The molecule has 0 aliphatic carbocycles. The van der Waals surface area contributed by atoms with E-state index in [1.807, 2.05) is 32.9 Å². The zero-order valence-electron chi connectivity index (χ0n) is 11.5. The van der Waals surface area contributed by atoms with Crippen LogP contribution in [0.1, 0.15) is 34.1 Å². The van der Waals surface area contributed by atoms with E-state index in [4.69, 9.17) is 0 Å². The maximum Gasteiger partial charge on any atom is 0.235 e. The van der Waals surface area contributed by atoms with Crippen LogP contribution in [-0.4, -0.2) is 23.2 Å². The van der Waals surface area contributed by atoms with E-state index in [0.29, 0.717) is 5.92 Å². The third-order valence-corrected chi connectivity index (χ3v) is 3.81. The smallest absolute Gasteiger partial charge is 0.235 e. The summed E-state index contributed by atoms with van der Waals surface area (Å²) in [5.41, 5.74) is 0. The lowest BCUT2D eigenvalue weighted by Gasteiger charge is -2.22. The summed E-state index contributed by atoms with van der Waals surface area (Å²) in [7, 11) is 0. The molecule has 0 radical (unpaired) electrons. The van der Waals surface area contributed by atoms with Crippen molar-refractivity contribution in [2.75, 3.05) is 6.54 Å². The molecule has 0 aromatic heterocycles. The standard InChI is InChI=1S/C14H21BrN2O/c1-5-7-13(15)9-17-11(4)16-8-12(6-2)10(3)14(17)18/h5,7,9-10,12H,6,8H2,1-4H3/b7-5+,13-9+/t10?,12-/m0/s1. The van der Waals surface area contributed by atoms with Crippen molar-refractivity contribution in [2.45, 2.75) is 34.1 Å². The number of rotatable bonds is 3. The van der Waals surface area contributed by atoms with Crippen LogP contribution < -0.4 is 0 Å². The molecule has 1 amide bonds. The molecule has 1 unspecified atom stereocenters. The summed E-state index contributed by atoms with van der Waals surface area (Å²) in [6.45, 7) is 8.67. The van der Waals surface area contributed by atoms with Crippen molar-refractivity contribution in [3.05, 3.63) is 22.8 Å². The molecule has 0 aromatic rings. The molecule has 0 fully saturated rings. The first-order valence-corrected chi connectivity index (χ1v) is 7.14. The molecule has 0 saturated heterocycles. The van der Waals surface area contributed by atoms with Crippen molar-refractivity contribution in [1.82, 2.24) is 4.90 Å². The number of amides is 1. The second-order valence-electron chi connectivity index (χ2n) is 4.57. The van der Waals surface area contributed by atoms with Gasteiger partial charge < -0.3 is 0 Å². The summed E-state index contributed by atoms with van der Waals surface area (Å²) in [6.07, 6.45) is 6.62. The van der Waals surface area contributed by atoms with Crippen LogP contribution in [0.3, 0.4) is 0 Å². The Bertz CT molecular complexity index is 399. The normalized spacial score (nSPS) is 26.5. The second kappa shape index (κ2) is 6.88. The summed E-state index contributed by atoms with van der Waals surface area (Å²) in [5, 5.41) is 0. The molecule has 1 heterocycles. The van der Waals surface area contributed by atoms with Gasteiger partial charge in [0, 0.05) is 23.1 Å². The van der Waals surface area contributed by atoms with Crippen molar-refractivity contribution in [3.8, 4) is 0 Å². The molecule has 1 aliphatic rings. The summed E-state index contributed by atoms with van der Waals surface area (Å²) >= 11 is 3.43. The maximum absolute atomic E-state index is 12.4. The van der Waals surface area contributed by atoms with Crippen LogP contribution in [0.4, 0.5) is 0 Å². The highest BCUT2D eigenvalue weighted by atomic mass is 79.9. The molecule has 0 bridgehead atoms. The zero-order chi connectivity index (χ0) is 13.7. The van der Waals surface area contributed by atoms with Gasteiger partial charge in [-0.1, -0.05) is 32.4 Å². The number of aliphatic imine (C=N–C) groups is 1. The molecule has 0 saturated carbocycles. The summed E-state index contributed by atoms with van der Waals surface area (Å²) in [5.74, 6) is 1.25. The Morgan fingerprint density at radius 2 is 2.28 bits per heavy atom. The van der Waals surface area contributed by atoms with Crippen molar-refractivity contribution < 1.29 is 4.79 Å². The Morgan fingerprint density at radius 1 is 1.61 bits per heavy atom. The number of amidine groups is 1. The van der Waals surface area contributed by atoms with E-state index in [-0.39, 0.29) is 11.8 Å². The Balaban J connectivity index is 3.03. The molecule has 4 heteroatoms. The fourth-order valence-corrected chi connectivity index (χ4v) is 2.50. The summed E-state index contributed by atoms with van der Waals surface area (Å²) in [4.78, 5) is 18.6. The highest BCUT2D eigenvalue weighted by molar-refractivity contribution is 9.11. The third-order valence-electron chi connectivity index (χ3n) is 3.34. The third kappa shape index (κ3) is 3.55. The molecular formula is C14H21BrN2O. The highest BCUT2D eigenvalue weighted by Crippen LogP contribution is 2.23. The number of hydrogen-bond acceptors (Lipinski definition) is 2. The molecule has 0 aromatic carbocycles. The van der Waals surface area contributed by atoms with Gasteiger partial charge in [-0.2, -0.15) is 0 Å². The largest absolute Gasteiger partial charge is 0.274 e. The van der Waals surface area contributed by atoms with E-state index in [9.17, 15) is 4.79 Å². The second-order valence-corrected chi connectivity index (χ2v) is 5.48. The summed E-state index contributed by atoms with van der Waals surface area (Å²) in [6, 6.07) is 0. The van der Waals surface area contributed by atoms with Crippen LogP contribution in [0.25, 0.3) is 0 Å². The molecule has 0 N–H and O–H groups in total. The fourth-order valence-electron chi connectivity index (χ4n) is 2.03. The first kappa shape index (κ1) is 15.2. The number of allylic oxidation sites excluding steroid dienone is 3. The van der Waals surface area contributed by atoms with Crippen molar-refractivity contribution >= 4 is 27.7 Å². The SMILES string of the molecule is C/C=C/C(Br)=C\N1C(=O)C(C)[C@@H](CC)CN=C1C. The van der Waals surface area contributed by atoms with E-state index >= 15 is 0 Å². The van der Waals surface area contributed by atoms with Gasteiger partial charge in [-0.25, -0.2) is 0 Å². The van der Waals surface area contributed by atoms with Gasteiger partial charge >= 0.3 is 0 Å². The molecule has 2 atom stereocenters. The van der Waals surface area contributed by atoms with Gasteiger partial charge in [0.1, 0.15) is 5.84 Å². The minimum atomic E-state index is 0.0124. The van der Waals surface area contributed by atoms with Crippen LogP contribution in [0, 0.1) is 11.8 Å². The first-order chi connectivity index (χ1) is 8.51. The first-order valence-electron chi connectivity index (χ1n) is 6.35. The number of halogens is 1. The lowest BCUT2D eigenvalue weighted by molar-refractivity contribution is -0.130. The van der Waals surface area contributed by atoms with E-state index in [1.165, 1.54) is 0 Å². The minimum Gasteiger partial charge on any atom is -0.274 e. The van der Waals surface area contributed by atoms with E-state index < -0.39 is 0 Å². The van der Waals surface area contributed by atoms with E-state index in [2.05, 4.69) is 27.8 Å². The van der Waals surface area contributed by atoms with E-state index in [1.54, 1.807) is 11.1 Å². The monoisotopic (exact) mass is 312 g/mol. The van der Waals surface area contributed by atoms with Crippen molar-refractivity contribution in [3.63, 3.8) is 0 Å². The number of nitrogens with zero attached hydrogens (tertiary/aromatic N) is 2. The quantitative estimate of drug-likeness (QED) is 0.731. The number of hydrogen-bond donors (Lipinski definition) is 0. The molecule has 1 aliphatic heterocycles. The van der Waals surface area contributed by atoms with Crippen LogP contribution in [0.15, 0.2) is 27.8 Å². The molecule has 100 valence electrons. The van der Waals surface area contributed by atoms with Crippen LogP contribution in [0.5, 0.6) is 0 Å². The Kier molecular flexibility index (Phi) is 5.79. The summed E-state index contributed by atoms with van der Waals surface area (Å²) < 4.78 is 0.870. The minimum absolute atomic E-state index is 0.0124. The van der Waals surface area contributed by atoms with Crippen LogP contribution in [0.2, 0.25) is 0 Å². The van der Waals surface area contributed by atoms with Gasteiger partial charge in [-0.3, -0.25) is 14.7 Å². The predicted octanol–water partition coefficient (Wildman–Crippen LogP) is 3.72. The fraction of sp³-hybridized carbons (Fsp3) is 0.571. The molecule has 1 rings (SSSR count). The topological polar surface area (TPSA) is 32.7 Å². The Morgan fingerprint density at radius 3 is 2.83 bits per heavy atom. The highest BCUT2D eigenvalue weighted by Gasteiger charge is 2.30. The predicted molar refractivity (Wildman–Crippen MR) is 79.6 cm³/mol. The number of carbonyl (C=O) groups excluding carboxylic acids is 1. The van der Waals surface area contributed by atoms with E-state index in [0.717, 1.165) is 23.3 Å². The average molecular weight is 313 g/mol. The molecule has 0 spiro atoms. The van der Waals surface area contributed by atoms with Gasteiger partial charge in [-0.05, 0) is 35.7 Å². The van der Waals surface area contributed by atoms with Gasteiger partial charge in [0.25, 0.3) is 0 Å². The molecular weight excluding hydrogens is 292 g/mol. The average Bonchev–Trinajstić information content (AvgIpc) is 2.43. The lowest BCUT2D eigenvalue weighted by atomic mass is 9.91. The molecule has 3 nitrogen and oxygen atoms in total. The lowest BCUT2D eigenvalue weighted by Crippen LogP contribution is -2.35. The number of carbonyl (C=O) groups is 1. The molecule has 18 heavy (non-hydrogen) atoms. The Hall–Kier alpha value is -0.900. The van der Waals surface area contributed by atoms with Crippen molar-refractivity contribution in [1.29, 1.82) is 0 Å². The van der Waals surface area contributed by atoms with Gasteiger partial charge in [0.2, 0.25) is 5.91 Å². The van der Waals surface area contributed by atoms with Gasteiger partial charge in [0.05, 0.1) is 0 Å². The van der Waals surface area contributed by atoms with Crippen molar-refractivity contribution in [2.24, 2.45) is 16.8 Å². The van der Waals surface area contributed by atoms with Crippen LogP contribution in [-0.2, 0) is 4.79 Å². The van der Waals surface area contributed by atoms with Crippen LogP contribution >= 0.6 is 15.9 Å². The Labute approximate surface area is 118 Å². The zero-order valence-corrected chi connectivity index (χ0v) is 13.1.